The van der Waals surface area contributed by atoms with Crippen LogP contribution in [0.4, 0.5) is 0 Å². The Morgan fingerprint density at radius 2 is 1.58 bits per heavy atom. The van der Waals surface area contributed by atoms with Gasteiger partial charge in [-0.2, -0.15) is 4.72 Å². The first-order valence-electron chi connectivity index (χ1n) is 11.3. The second-order valence-corrected chi connectivity index (χ2v) is 11.8. The minimum absolute atomic E-state index is 0.0543. The molecule has 1 unspecified atom stereocenters. The average Bonchev–Trinajstić information content (AvgIpc) is 3.32. The van der Waals surface area contributed by atoms with E-state index in [-0.39, 0.29) is 10.8 Å². The number of nitrogens with one attached hydrogen (secondary N) is 1. The summed E-state index contributed by atoms with van der Waals surface area (Å²) in [5.41, 5.74) is 3.32. The molecular formula is C27H27NO6S2. The lowest BCUT2D eigenvalue weighted by Gasteiger charge is -2.19. The highest BCUT2D eigenvalue weighted by Crippen LogP contribution is 2.25. The summed E-state index contributed by atoms with van der Waals surface area (Å²) < 4.78 is 51.2. The molecule has 0 saturated heterocycles. The molecule has 3 aromatic carbocycles. The van der Waals surface area contributed by atoms with Gasteiger partial charge in [0, 0.05) is 11.5 Å². The van der Waals surface area contributed by atoms with Crippen molar-refractivity contribution in [3.8, 4) is 11.1 Å². The summed E-state index contributed by atoms with van der Waals surface area (Å²) in [7, 11) is -4.00. The molecule has 36 heavy (non-hydrogen) atoms. The summed E-state index contributed by atoms with van der Waals surface area (Å²) in [4.78, 5) is 12.0. The van der Waals surface area contributed by atoms with Gasteiger partial charge in [-0.15, -0.1) is 0 Å². The van der Waals surface area contributed by atoms with E-state index in [4.69, 9.17) is 9.15 Å². The van der Waals surface area contributed by atoms with Gasteiger partial charge in [0.1, 0.15) is 11.6 Å². The van der Waals surface area contributed by atoms with Crippen LogP contribution in [-0.2, 0) is 36.1 Å². The molecule has 1 aromatic heterocycles. The molecule has 7 nitrogen and oxygen atoms in total. The van der Waals surface area contributed by atoms with Crippen LogP contribution < -0.4 is 4.72 Å². The van der Waals surface area contributed by atoms with Crippen molar-refractivity contribution in [2.24, 2.45) is 5.92 Å². The number of methoxy groups -OCH3 is 1. The molecule has 0 amide bonds. The molecule has 0 aliphatic carbocycles. The van der Waals surface area contributed by atoms with Gasteiger partial charge >= 0.3 is 5.97 Å². The van der Waals surface area contributed by atoms with Gasteiger partial charge in [0.15, 0.2) is 5.09 Å². The second-order valence-electron chi connectivity index (χ2n) is 8.68. The first-order valence-corrected chi connectivity index (χ1v) is 14.1. The Morgan fingerprint density at radius 1 is 0.972 bits per heavy atom. The number of ether oxygens (including phenoxy) is 1. The van der Waals surface area contributed by atoms with Crippen LogP contribution in [0, 0.1) is 5.92 Å². The summed E-state index contributed by atoms with van der Waals surface area (Å²) in [6.07, 6.45) is 0. The first-order chi connectivity index (χ1) is 17.2. The summed E-state index contributed by atoms with van der Waals surface area (Å²) in [5.74, 6) is -0.585. The molecule has 1 heterocycles. The molecule has 0 saturated carbocycles. The van der Waals surface area contributed by atoms with Crippen LogP contribution in [0.25, 0.3) is 22.1 Å². The van der Waals surface area contributed by atoms with E-state index < -0.39 is 32.8 Å². The van der Waals surface area contributed by atoms with Crippen molar-refractivity contribution in [3.05, 3.63) is 84.4 Å². The fraction of sp³-hybridized carbons (Fsp3) is 0.222. The predicted octanol–water partition coefficient (Wildman–Crippen LogP) is 4.88. The van der Waals surface area contributed by atoms with E-state index in [1.807, 2.05) is 48.5 Å². The lowest BCUT2D eigenvalue weighted by Crippen LogP contribution is -2.44. The number of hydrogen-bond donors (Lipinski definition) is 1. The minimum atomic E-state index is -3.91. The molecule has 2 atom stereocenters. The molecule has 0 spiro atoms. The maximum absolute atomic E-state index is 12.8. The average molecular weight is 526 g/mol. The van der Waals surface area contributed by atoms with Gasteiger partial charge in [0.25, 0.3) is 0 Å². The topological polar surface area (TPSA) is 103 Å². The van der Waals surface area contributed by atoms with Gasteiger partial charge in [-0.3, -0.25) is 9.00 Å². The summed E-state index contributed by atoms with van der Waals surface area (Å²) in [6.45, 7) is 3.48. The Labute approximate surface area is 213 Å². The van der Waals surface area contributed by atoms with Gasteiger partial charge < -0.3 is 9.15 Å². The van der Waals surface area contributed by atoms with E-state index >= 15 is 0 Å². The quantitative estimate of drug-likeness (QED) is 0.312. The molecule has 0 bridgehead atoms. The van der Waals surface area contributed by atoms with E-state index in [9.17, 15) is 17.4 Å². The van der Waals surface area contributed by atoms with Gasteiger partial charge in [-0.25, -0.2) is 8.42 Å². The van der Waals surface area contributed by atoms with Crippen LogP contribution in [-0.4, -0.2) is 31.7 Å². The Hall–Kier alpha value is -3.27. The van der Waals surface area contributed by atoms with Crippen molar-refractivity contribution < 1.29 is 26.6 Å². The highest BCUT2D eigenvalue weighted by Gasteiger charge is 2.29. The lowest BCUT2D eigenvalue weighted by molar-refractivity contribution is -0.143. The number of carbonyl (C=O) groups is 1. The standard InChI is InChI=1S/C27H27NO6S2/c1-18(2)26(27(29)33-3)28-36(31,32)23-14-12-21(13-15-23)20-10-8-19(9-11-20)17-35(30)25-16-22-6-4-5-7-24(22)34-25/h4-16,18,26,28H,17H2,1-3H3/t26-,35?/m1/s1. The van der Waals surface area contributed by atoms with E-state index in [2.05, 4.69) is 4.72 Å². The number of sulfonamides is 1. The molecule has 188 valence electrons. The van der Waals surface area contributed by atoms with Crippen LogP contribution in [0.15, 0.2) is 93.3 Å². The van der Waals surface area contributed by atoms with E-state index in [0.29, 0.717) is 16.4 Å². The first kappa shape index (κ1) is 25.8. The molecule has 0 radical (unpaired) electrons. The Kier molecular flexibility index (Phi) is 7.73. The number of rotatable bonds is 9. The van der Waals surface area contributed by atoms with Gasteiger partial charge in [0.2, 0.25) is 10.0 Å². The summed E-state index contributed by atoms with van der Waals surface area (Å²) >= 11 is 0. The number of hydrogen-bond acceptors (Lipinski definition) is 6. The van der Waals surface area contributed by atoms with Crippen molar-refractivity contribution in [3.63, 3.8) is 0 Å². The van der Waals surface area contributed by atoms with Crippen LogP contribution in [0.3, 0.4) is 0 Å². The smallest absolute Gasteiger partial charge is 0.324 e. The number of fused-ring (bicyclic) bond motifs is 1. The maximum atomic E-state index is 12.8. The molecule has 9 heteroatoms. The molecule has 0 fully saturated rings. The number of benzene rings is 3. The number of esters is 1. The monoisotopic (exact) mass is 525 g/mol. The van der Waals surface area contributed by atoms with Gasteiger partial charge in [0.05, 0.1) is 28.6 Å². The molecule has 1 N–H and O–H groups in total. The molecule has 0 aliphatic heterocycles. The van der Waals surface area contributed by atoms with E-state index in [1.165, 1.54) is 19.2 Å². The molecule has 4 rings (SSSR count). The number of para-hydroxylation sites is 1. The third kappa shape index (κ3) is 5.75. The highest BCUT2D eigenvalue weighted by atomic mass is 32.2. The van der Waals surface area contributed by atoms with Crippen molar-refractivity contribution in [2.45, 2.75) is 35.6 Å². The molecule has 4 aromatic rings. The highest BCUT2D eigenvalue weighted by molar-refractivity contribution is 7.89. The zero-order chi connectivity index (χ0) is 25.9. The third-order valence-corrected chi connectivity index (χ3v) is 8.48. The SMILES string of the molecule is COC(=O)[C@H](NS(=O)(=O)c1ccc(-c2ccc(CS(=O)c3cc4ccccc4o3)cc2)cc1)C(C)C. The number of carbonyl (C=O) groups excluding carboxylic acids is 1. The van der Waals surface area contributed by atoms with Crippen molar-refractivity contribution in [1.29, 1.82) is 0 Å². The Morgan fingerprint density at radius 3 is 2.17 bits per heavy atom. The van der Waals surface area contributed by atoms with Crippen molar-refractivity contribution in [1.82, 2.24) is 4.72 Å². The Balaban J connectivity index is 1.45. The van der Waals surface area contributed by atoms with Gasteiger partial charge in [-0.05, 0) is 40.8 Å². The van der Waals surface area contributed by atoms with Gasteiger partial charge in [-0.1, -0.05) is 68.4 Å². The maximum Gasteiger partial charge on any atom is 0.324 e. The number of furan rings is 1. The van der Waals surface area contributed by atoms with Crippen LogP contribution >= 0.6 is 0 Å². The summed E-state index contributed by atoms with van der Waals surface area (Å²) in [6, 6.07) is 22.4. The zero-order valence-corrected chi connectivity index (χ0v) is 21.8. The predicted molar refractivity (Wildman–Crippen MR) is 139 cm³/mol. The lowest BCUT2D eigenvalue weighted by atomic mass is 10.0. The van der Waals surface area contributed by atoms with E-state index in [0.717, 1.165) is 22.1 Å². The fourth-order valence-corrected chi connectivity index (χ4v) is 6.14. The largest absolute Gasteiger partial charge is 0.468 e. The zero-order valence-electron chi connectivity index (χ0n) is 20.1. The van der Waals surface area contributed by atoms with Crippen LogP contribution in [0.5, 0.6) is 0 Å². The third-order valence-electron chi connectivity index (χ3n) is 5.78. The normalized spacial score (nSPS) is 13.6. The summed E-state index contributed by atoms with van der Waals surface area (Å²) in [5, 5.41) is 1.36. The molecule has 0 aliphatic rings. The minimum Gasteiger partial charge on any atom is -0.468 e. The van der Waals surface area contributed by atoms with Crippen molar-refractivity contribution in [2.75, 3.05) is 7.11 Å². The Bertz CT molecular complexity index is 1460. The molecular weight excluding hydrogens is 498 g/mol. The van der Waals surface area contributed by atoms with Crippen LogP contribution in [0.2, 0.25) is 0 Å². The second kappa shape index (κ2) is 10.8. The fourth-order valence-electron chi connectivity index (χ4n) is 3.73. The van der Waals surface area contributed by atoms with Crippen molar-refractivity contribution >= 4 is 37.8 Å². The van der Waals surface area contributed by atoms with Crippen LogP contribution in [0.1, 0.15) is 19.4 Å². The van der Waals surface area contributed by atoms with E-state index in [1.54, 1.807) is 32.0 Å².